The van der Waals surface area contributed by atoms with E-state index >= 15 is 0 Å². The van der Waals surface area contributed by atoms with Crippen LogP contribution in [0.1, 0.15) is 49.3 Å². The van der Waals surface area contributed by atoms with Crippen LogP contribution in [0.5, 0.6) is 0 Å². The largest absolute Gasteiger partial charge is 0.461 e. The van der Waals surface area contributed by atoms with E-state index in [1.165, 1.54) is 19.1 Å². The van der Waals surface area contributed by atoms with E-state index in [2.05, 4.69) is 0 Å². The molecule has 0 aliphatic heterocycles. The molecule has 0 N–H and O–H groups in total. The molecule has 0 spiro atoms. The summed E-state index contributed by atoms with van der Waals surface area (Å²) >= 11 is 0. The Morgan fingerprint density at radius 1 is 1.12 bits per heavy atom. The standard InChI is InChI=1S/C18H20F3NO4/c1-6-25-15(23)14-8-11-7-10(2)12(18(19,20)21)9-13(11)22(14)16(24)26-17(3,4)5/h7-9H,6H2,1-5H3. The molecule has 0 unspecified atom stereocenters. The van der Waals surface area contributed by atoms with E-state index in [9.17, 15) is 22.8 Å². The second-order valence-electron chi connectivity index (χ2n) is 6.79. The average Bonchev–Trinajstić information content (AvgIpc) is 2.82. The molecular weight excluding hydrogens is 351 g/mol. The Kier molecular flexibility index (Phi) is 5.07. The lowest BCUT2D eigenvalue weighted by Crippen LogP contribution is -2.29. The van der Waals surface area contributed by atoms with E-state index in [0.29, 0.717) is 5.39 Å². The number of hydrogen-bond donors (Lipinski definition) is 0. The van der Waals surface area contributed by atoms with Gasteiger partial charge in [-0.15, -0.1) is 0 Å². The van der Waals surface area contributed by atoms with Crippen molar-refractivity contribution < 1.29 is 32.2 Å². The molecule has 2 rings (SSSR count). The second-order valence-corrected chi connectivity index (χ2v) is 6.79. The van der Waals surface area contributed by atoms with Crippen molar-refractivity contribution in [1.82, 2.24) is 4.57 Å². The van der Waals surface area contributed by atoms with Gasteiger partial charge in [0.2, 0.25) is 0 Å². The molecule has 0 atom stereocenters. The first-order chi connectivity index (χ1) is 11.8. The van der Waals surface area contributed by atoms with Crippen molar-refractivity contribution in [3.05, 3.63) is 35.0 Å². The van der Waals surface area contributed by atoms with E-state index in [-0.39, 0.29) is 23.4 Å². The fourth-order valence-electron chi connectivity index (χ4n) is 2.53. The zero-order valence-corrected chi connectivity index (χ0v) is 15.2. The number of alkyl halides is 3. The molecule has 0 radical (unpaired) electrons. The number of halogens is 3. The summed E-state index contributed by atoms with van der Waals surface area (Å²) < 4.78 is 50.7. The van der Waals surface area contributed by atoms with E-state index in [4.69, 9.17) is 9.47 Å². The lowest BCUT2D eigenvalue weighted by Gasteiger charge is -2.21. The number of ether oxygens (including phenoxy) is 2. The van der Waals surface area contributed by atoms with Crippen LogP contribution in [0.3, 0.4) is 0 Å². The predicted molar refractivity (Wildman–Crippen MR) is 89.3 cm³/mol. The van der Waals surface area contributed by atoms with Crippen molar-refractivity contribution in [3.8, 4) is 0 Å². The highest BCUT2D eigenvalue weighted by molar-refractivity contribution is 6.02. The first kappa shape index (κ1) is 19.8. The van der Waals surface area contributed by atoms with Gasteiger partial charge in [0.25, 0.3) is 0 Å². The van der Waals surface area contributed by atoms with Gasteiger partial charge in [0, 0.05) is 5.39 Å². The number of benzene rings is 1. The summed E-state index contributed by atoms with van der Waals surface area (Å²) in [7, 11) is 0. The molecule has 1 aromatic carbocycles. The molecule has 0 saturated carbocycles. The van der Waals surface area contributed by atoms with Crippen LogP contribution < -0.4 is 0 Å². The molecule has 0 bridgehead atoms. The molecule has 1 aromatic heterocycles. The molecule has 0 aliphatic carbocycles. The second kappa shape index (κ2) is 6.66. The van der Waals surface area contributed by atoms with Crippen LogP contribution in [0.4, 0.5) is 18.0 Å². The molecule has 0 amide bonds. The molecule has 0 saturated heterocycles. The number of aryl methyl sites for hydroxylation is 1. The molecule has 8 heteroatoms. The van der Waals surface area contributed by atoms with Gasteiger partial charge in [-0.3, -0.25) is 0 Å². The summed E-state index contributed by atoms with van der Waals surface area (Å²) in [6.45, 7) is 7.81. The van der Waals surface area contributed by atoms with E-state index in [1.807, 2.05) is 0 Å². The molecule has 2 aromatic rings. The van der Waals surface area contributed by atoms with Crippen molar-refractivity contribution in [2.24, 2.45) is 0 Å². The third kappa shape index (κ3) is 4.00. The van der Waals surface area contributed by atoms with Crippen molar-refractivity contribution in [2.45, 2.75) is 46.4 Å². The third-order valence-corrected chi connectivity index (χ3v) is 3.51. The minimum atomic E-state index is -4.59. The van der Waals surface area contributed by atoms with Crippen LogP contribution in [0.25, 0.3) is 10.9 Å². The lowest BCUT2D eigenvalue weighted by molar-refractivity contribution is -0.138. The maximum atomic E-state index is 13.2. The van der Waals surface area contributed by atoms with Crippen molar-refractivity contribution in [1.29, 1.82) is 0 Å². The Bertz CT molecular complexity index is 860. The monoisotopic (exact) mass is 371 g/mol. The summed E-state index contributed by atoms with van der Waals surface area (Å²) in [5.74, 6) is -0.819. The zero-order valence-electron chi connectivity index (χ0n) is 15.2. The summed E-state index contributed by atoms with van der Waals surface area (Å²) in [6, 6.07) is 3.45. The molecule has 0 fully saturated rings. The molecule has 5 nitrogen and oxygen atoms in total. The van der Waals surface area contributed by atoms with Gasteiger partial charge in [-0.05, 0) is 58.4 Å². The Morgan fingerprint density at radius 2 is 1.73 bits per heavy atom. The number of carbonyl (C=O) groups is 2. The Labute approximate surface area is 148 Å². The molecule has 1 heterocycles. The molecular formula is C18H20F3NO4. The van der Waals surface area contributed by atoms with Crippen LogP contribution >= 0.6 is 0 Å². The highest BCUT2D eigenvalue weighted by atomic mass is 19.4. The van der Waals surface area contributed by atoms with E-state index in [0.717, 1.165) is 10.6 Å². The fourth-order valence-corrected chi connectivity index (χ4v) is 2.53. The summed E-state index contributed by atoms with van der Waals surface area (Å²) in [5, 5.41) is 0.310. The van der Waals surface area contributed by atoms with E-state index < -0.39 is 29.4 Å². The normalized spacial score (nSPS) is 12.3. The minimum Gasteiger partial charge on any atom is -0.461 e. The van der Waals surface area contributed by atoms with Gasteiger partial charge < -0.3 is 9.47 Å². The molecule has 142 valence electrons. The molecule has 26 heavy (non-hydrogen) atoms. The number of nitrogens with zero attached hydrogens (tertiary/aromatic N) is 1. The topological polar surface area (TPSA) is 57.5 Å². The number of rotatable bonds is 2. The quantitative estimate of drug-likeness (QED) is 0.703. The Balaban J connectivity index is 2.76. The van der Waals surface area contributed by atoms with Crippen LogP contribution in [-0.4, -0.2) is 28.8 Å². The summed E-state index contributed by atoms with van der Waals surface area (Å²) in [5.41, 5.74) is -2.04. The minimum absolute atomic E-state index is 0.0123. The zero-order chi connectivity index (χ0) is 19.9. The smallest absolute Gasteiger partial charge is 0.419 e. The third-order valence-electron chi connectivity index (χ3n) is 3.51. The SMILES string of the molecule is CCOC(=O)c1cc2cc(C)c(C(F)(F)F)cc2n1C(=O)OC(C)(C)C. The number of carbonyl (C=O) groups excluding carboxylic acids is 2. The highest BCUT2D eigenvalue weighted by Crippen LogP contribution is 2.35. The van der Waals surface area contributed by atoms with Crippen LogP contribution in [0, 0.1) is 6.92 Å². The van der Waals surface area contributed by atoms with E-state index in [1.54, 1.807) is 27.7 Å². The maximum Gasteiger partial charge on any atom is 0.419 e. The van der Waals surface area contributed by atoms with Gasteiger partial charge in [0.15, 0.2) is 0 Å². The predicted octanol–water partition coefficient (Wildman–Crippen LogP) is 4.93. The summed E-state index contributed by atoms with van der Waals surface area (Å²) in [6.07, 6.45) is -5.54. The van der Waals surface area contributed by atoms with Crippen LogP contribution in [0.2, 0.25) is 0 Å². The van der Waals surface area contributed by atoms with Gasteiger partial charge in [0.1, 0.15) is 11.3 Å². The first-order valence-electron chi connectivity index (χ1n) is 7.99. The van der Waals surface area contributed by atoms with Gasteiger partial charge in [-0.1, -0.05) is 0 Å². The van der Waals surface area contributed by atoms with Gasteiger partial charge in [-0.25, -0.2) is 14.2 Å². The lowest BCUT2D eigenvalue weighted by atomic mass is 10.1. The number of aromatic nitrogens is 1. The maximum absolute atomic E-state index is 13.2. The Hall–Kier alpha value is -2.51. The average molecular weight is 371 g/mol. The van der Waals surface area contributed by atoms with Crippen molar-refractivity contribution >= 4 is 23.0 Å². The van der Waals surface area contributed by atoms with Crippen molar-refractivity contribution in [2.75, 3.05) is 6.61 Å². The highest BCUT2D eigenvalue weighted by Gasteiger charge is 2.34. The fraction of sp³-hybridized carbons (Fsp3) is 0.444. The molecule has 0 aliphatic rings. The first-order valence-corrected chi connectivity index (χ1v) is 7.99. The number of esters is 1. The van der Waals surface area contributed by atoms with Crippen LogP contribution in [-0.2, 0) is 15.7 Å². The van der Waals surface area contributed by atoms with Gasteiger partial charge >= 0.3 is 18.2 Å². The Morgan fingerprint density at radius 3 is 2.23 bits per heavy atom. The van der Waals surface area contributed by atoms with Gasteiger partial charge in [-0.2, -0.15) is 13.2 Å². The van der Waals surface area contributed by atoms with Gasteiger partial charge in [0.05, 0.1) is 17.7 Å². The number of fused-ring (bicyclic) bond motifs is 1. The van der Waals surface area contributed by atoms with Crippen LogP contribution in [0.15, 0.2) is 18.2 Å². The summed E-state index contributed by atoms with van der Waals surface area (Å²) in [4.78, 5) is 24.8. The van der Waals surface area contributed by atoms with Crippen molar-refractivity contribution in [3.63, 3.8) is 0 Å². The number of hydrogen-bond acceptors (Lipinski definition) is 4.